The van der Waals surface area contributed by atoms with Crippen LogP contribution >= 0.6 is 0 Å². The molecule has 0 saturated carbocycles. The van der Waals surface area contributed by atoms with Crippen molar-refractivity contribution in [2.45, 2.75) is 52.1 Å². The Labute approximate surface area is 163 Å². The normalized spacial score (nSPS) is 16.9. The number of carbonyl (C=O) groups excluding carboxylic acids is 1. The molecule has 1 aliphatic heterocycles. The molecule has 1 aromatic carbocycles. The number of rotatable bonds is 6. The molecule has 2 rings (SSSR count). The molecule has 1 fully saturated rings. The van der Waals surface area contributed by atoms with Crippen molar-refractivity contribution in [3.63, 3.8) is 0 Å². The molecule has 0 aliphatic carbocycles. The van der Waals surface area contributed by atoms with E-state index >= 15 is 0 Å². The quantitative estimate of drug-likeness (QED) is 0.528. The molecule has 150 valence electrons. The fourth-order valence-electron chi connectivity index (χ4n) is 3.34. The molecule has 3 N–H and O–H groups in total. The molecule has 6 nitrogen and oxygen atoms in total. The fraction of sp³-hybridized carbons (Fsp3) is 0.619. The van der Waals surface area contributed by atoms with E-state index in [2.05, 4.69) is 57.0 Å². The first kappa shape index (κ1) is 21.2. The van der Waals surface area contributed by atoms with Crippen molar-refractivity contribution in [1.29, 1.82) is 0 Å². The maximum Gasteiger partial charge on any atom is 0.239 e. The third kappa shape index (κ3) is 7.21. The van der Waals surface area contributed by atoms with E-state index in [4.69, 9.17) is 0 Å². The van der Waals surface area contributed by atoms with Crippen LogP contribution in [0.4, 0.5) is 0 Å². The van der Waals surface area contributed by atoms with Crippen molar-refractivity contribution in [1.82, 2.24) is 20.9 Å². The predicted molar refractivity (Wildman–Crippen MR) is 112 cm³/mol. The molecule has 6 heteroatoms. The van der Waals surface area contributed by atoms with Crippen LogP contribution in [0.1, 0.15) is 50.8 Å². The Balaban J connectivity index is 1.94. The number of hydrogen-bond acceptors (Lipinski definition) is 3. The van der Waals surface area contributed by atoms with Gasteiger partial charge in [0.15, 0.2) is 5.96 Å². The molecule has 1 unspecified atom stereocenters. The number of guanidine groups is 1. The van der Waals surface area contributed by atoms with Crippen LogP contribution < -0.4 is 16.0 Å². The third-order valence-electron chi connectivity index (χ3n) is 4.66. The number of carbonyl (C=O) groups is 1. The van der Waals surface area contributed by atoms with Gasteiger partial charge in [0.2, 0.25) is 5.91 Å². The zero-order chi connectivity index (χ0) is 19.9. The van der Waals surface area contributed by atoms with Gasteiger partial charge in [-0.1, -0.05) is 29.8 Å². The number of aliphatic imine (C=N–C) groups is 1. The topological polar surface area (TPSA) is 68.8 Å². The molecule has 1 amide bonds. The number of benzene rings is 1. The number of amides is 1. The van der Waals surface area contributed by atoms with Crippen molar-refractivity contribution in [2.75, 3.05) is 33.2 Å². The summed E-state index contributed by atoms with van der Waals surface area (Å²) in [6.45, 7) is 11.2. The molecule has 0 bridgehead atoms. The summed E-state index contributed by atoms with van der Waals surface area (Å²) < 4.78 is 0. The lowest BCUT2D eigenvalue weighted by molar-refractivity contribution is -0.121. The minimum absolute atomic E-state index is 0.0416. The highest BCUT2D eigenvalue weighted by Gasteiger charge is 2.23. The van der Waals surface area contributed by atoms with Crippen LogP contribution in [0.5, 0.6) is 0 Å². The molecular weight excluding hydrogens is 338 g/mol. The molecule has 1 saturated heterocycles. The fourth-order valence-corrected chi connectivity index (χ4v) is 3.34. The molecule has 1 aromatic rings. The highest BCUT2D eigenvalue weighted by Crippen LogP contribution is 2.24. The largest absolute Gasteiger partial charge is 0.354 e. The van der Waals surface area contributed by atoms with Gasteiger partial charge in [0.05, 0.1) is 12.6 Å². The first-order chi connectivity index (χ1) is 12.8. The first-order valence-electron chi connectivity index (χ1n) is 9.84. The summed E-state index contributed by atoms with van der Waals surface area (Å²) in [6.07, 6.45) is 2.50. The maximum atomic E-state index is 12.0. The lowest BCUT2D eigenvalue weighted by atomic mass is 10.0. The van der Waals surface area contributed by atoms with E-state index < -0.39 is 0 Å². The van der Waals surface area contributed by atoms with Gasteiger partial charge in [-0.15, -0.1) is 0 Å². The SMILES string of the molecule is CN=C(NCC(=O)NC(C)(C)C)NCC(c1ccc(C)cc1)N1CCCC1. The van der Waals surface area contributed by atoms with Crippen LogP contribution in [-0.4, -0.2) is 55.5 Å². The Kier molecular flexibility index (Phi) is 7.66. The van der Waals surface area contributed by atoms with E-state index in [0.717, 1.165) is 19.6 Å². The van der Waals surface area contributed by atoms with Crippen molar-refractivity contribution >= 4 is 11.9 Å². The highest BCUT2D eigenvalue weighted by atomic mass is 16.2. The van der Waals surface area contributed by atoms with E-state index in [1.165, 1.54) is 24.0 Å². The Morgan fingerprint density at radius 2 is 1.78 bits per heavy atom. The van der Waals surface area contributed by atoms with Crippen molar-refractivity contribution in [3.8, 4) is 0 Å². The van der Waals surface area contributed by atoms with Crippen LogP contribution in [0.3, 0.4) is 0 Å². The van der Waals surface area contributed by atoms with Gasteiger partial charge in [-0.3, -0.25) is 14.7 Å². The second kappa shape index (κ2) is 9.74. The Morgan fingerprint density at radius 3 is 2.33 bits per heavy atom. The predicted octanol–water partition coefficient (Wildman–Crippen LogP) is 2.21. The molecule has 1 aliphatic rings. The van der Waals surface area contributed by atoms with Crippen molar-refractivity contribution in [2.24, 2.45) is 4.99 Å². The summed E-state index contributed by atoms with van der Waals surface area (Å²) in [4.78, 5) is 18.8. The van der Waals surface area contributed by atoms with Crippen molar-refractivity contribution in [3.05, 3.63) is 35.4 Å². The maximum absolute atomic E-state index is 12.0. The minimum atomic E-state index is -0.234. The van der Waals surface area contributed by atoms with Gasteiger partial charge >= 0.3 is 0 Å². The lowest BCUT2D eigenvalue weighted by Gasteiger charge is -2.29. The smallest absolute Gasteiger partial charge is 0.239 e. The second-order valence-corrected chi connectivity index (χ2v) is 8.27. The zero-order valence-corrected chi connectivity index (χ0v) is 17.4. The van der Waals surface area contributed by atoms with Crippen molar-refractivity contribution < 1.29 is 4.79 Å². The number of nitrogens with zero attached hydrogens (tertiary/aromatic N) is 2. The summed E-state index contributed by atoms with van der Waals surface area (Å²) in [5.74, 6) is 0.607. The summed E-state index contributed by atoms with van der Waals surface area (Å²) in [7, 11) is 1.73. The number of hydrogen-bond donors (Lipinski definition) is 3. The molecule has 0 aromatic heterocycles. The Hall–Kier alpha value is -2.08. The summed E-state index contributed by atoms with van der Waals surface area (Å²) in [6, 6.07) is 9.07. The first-order valence-corrected chi connectivity index (χ1v) is 9.84. The van der Waals surface area contributed by atoms with E-state index in [9.17, 15) is 4.79 Å². The van der Waals surface area contributed by atoms with Crippen LogP contribution in [0.2, 0.25) is 0 Å². The lowest BCUT2D eigenvalue weighted by Crippen LogP contribution is -2.49. The third-order valence-corrected chi connectivity index (χ3v) is 4.66. The summed E-state index contributed by atoms with van der Waals surface area (Å²) >= 11 is 0. The average Bonchev–Trinajstić information content (AvgIpc) is 3.12. The molecule has 0 radical (unpaired) electrons. The minimum Gasteiger partial charge on any atom is -0.354 e. The standard InChI is InChI=1S/C21H35N5O/c1-16-8-10-17(11-9-16)18(26-12-6-7-13-26)14-23-20(22-5)24-15-19(27)25-21(2,3)4/h8-11,18H,6-7,12-15H2,1-5H3,(H,25,27)(H2,22,23,24). The van der Waals surface area contributed by atoms with E-state index in [1.54, 1.807) is 7.05 Å². The van der Waals surface area contributed by atoms with Gasteiger partial charge in [-0.05, 0) is 59.2 Å². The Morgan fingerprint density at radius 1 is 1.15 bits per heavy atom. The second-order valence-electron chi connectivity index (χ2n) is 8.27. The van der Waals surface area contributed by atoms with Gasteiger partial charge in [-0.2, -0.15) is 0 Å². The average molecular weight is 374 g/mol. The van der Waals surface area contributed by atoms with Crippen LogP contribution in [0.25, 0.3) is 0 Å². The number of aryl methyl sites for hydroxylation is 1. The highest BCUT2D eigenvalue weighted by molar-refractivity contribution is 5.86. The van der Waals surface area contributed by atoms with E-state index in [1.807, 2.05) is 20.8 Å². The van der Waals surface area contributed by atoms with Gasteiger partial charge in [0, 0.05) is 19.1 Å². The Bertz CT molecular complexity index is 627. The number of likely N-dealkylation sites (tertiary alicyclic amines) is 1. The van der Waals surface area contributed by atoms with Crippen LogP contribution in [0, 0.1) is 6.92 Å². The molecule has 1 atom stereocenters. The van der Waals surface area contributed by atoms with E-state index in [0.29, 0.717) is 12.0 Å². The van der Waals surface area contributed by atoms with Gasteiger partial charge in [0.25, 0.3) is 0 Å². The molecule has 0 spiro atoms. The van der Waals surface area contributed by atoms with Gasteiger partial charge in [-0.25, -0.2) is 0 Å². The van der Waals surface area contributed by atoms with Crippen LogP contribution in [-0.2, 0) is 4.79 Å². The zero-order valence-electron chi connectivity index (χ0n) is 17.4. The molecular formula is C21H35N5O. The van der Waals surface area contributed by atoms with Gasteiger partial charge < -0.3 is 16.0 Å². The monoisotopic (exact) mass is 373 g/mol. The van der Waals surface area contributed by atoms with E-state index in [-0.39, 0.29) is 18.0 Å². The molecule has 1 heterocycles. The van der Waals surface area contributed by atoms with Crippen LogP contribution in [0.15, 0.2) is 29.3 Å². The van der Waals surface area contributed by atoms with Gasteiger partial charge in [0.1, 0.15) is 0 Å². The summed E-state index contributed by atoms with van der Waals surface area (Å²) in [5.41, 5.74) is 2.35. The molecule has 27 heavy (non-hydrogen) atoms. The summed E-state index contributed by atoms with van der Waals surface area (Å²) in [5, 5.41) is 9.45. The number of nitrogens with one attached hydrogen (secondary N) is 3.